The van der Waals surface area contributed by atoms with Gasteiger partial charge in [0, 0.05) is 44.8 Å². The topological polar surface area (TPSA) is 65.1 Å². The van der Waals surface area contributed by atoms with Crippen molar-refractivity contribution in [3.8, 4) is 0 Å². The van der Waals surface area contributed by atoms with Crippen molar-refractivity contribution >= 4 is 5.95 Å². The van der Waals surface area contributed by atoms with E-state index in [9.17, 15) is 4.79 Å². The van der Waals surface area contributed by atoms with E-state index in [0.29, 0.717) is 12.5 Å². The average molecular weight is 353 g/mol. The van der Waals surface area contributed by atoms with Gasteiger partial charge >= 0.3 is 0 Å². The summed E-state index contributed by atoms with van der Waals surface area (Å²) < 4.78 is 0. The number of nitrogens with zero attached hydrogens (tertiary/aromatic N) is 4. The molecule has 2 aromatic heterocycles. The number of hydrogen-bond donors (Lipinski definition) is 1. The van der Waals surface area contributed by atoms with E-state index in [1.165, 1.54) is 12.8 Å². The Hall–Kier alpha value is -2.21. The number of hydrogen-bond acceptors (Lipinski definition) is 5. The second-order valence-electron chi connectivity index (χ2n) is 7.74. The van der Waals surface area contributed by atoms with E-state index >= 15 is 0 Å². The predicted octanol–water partition coefficient (Wildman–Crippen LogP) is 2.27. The van der Waals surface area contributed by atoms with Gasteiger partial charge in [-0.3, -0.25) is 19.7 Å². The van der Waals surface area contributed by atoms with E-state index in [1.54, 1.807) is 0 Å². The standard InChI is InChI=1S/C20H27N5O/c1-14-5-4-9-25(11-14)20-22-18-8-10-24(13-17(18)19(26)23-20)12-16-7-3-6-15(2)21-16/h3,6-7,14H,4-5,8-13H2,1-2H3,(H,22,23,26)/t14-/m0/s1. The van der Waals surface area contributed by atoms with Crippen LogP contribution < -0.4 is 10.5 Å². The van der Waals surface area contributed by atoms with Crippen LogP contribution in [0.2, 0.25) is 0 Å². The van der Waals surface area contributed by atoms with Gasteiger partial charge in [0.15, 0.2) is 0 Å². The molecule has 4 heterocycles. The maximum absolute atomic E-state index is 12.7. The Labute approximate surface area is 154 Å². The molecule has 1 fully saturated rings. The summed E-state index contributed by atoms with van der Waals surface area (Å²) in [5, 5.41) is 0. The minimum atomic E-state index is 0.0186. The summed E-state index contributed by atoms with van der Waals surface area (Å²) in [5.74, 6) is 1.41. The Bertz CT molecular complexity index is 846. The lowest BCUT2D eigenvalue weighted by atomic mass is 10.0. The molecule has 138 valence electrons. The second-order valence-corrected chi connectivity index (χ2v) is 7.74. The highest BCUT2D eigenvalue weighted by Gasteiger charge is 2.24. The first kappa shape index (κ1) is 17.2. The van der Waals surface area contributed by atoms with Crippen LogP contribution in [0, 0.1) is 12.8 Å². The maximum atomic E-state index is 12.7. The minimum Gasteiger partial charge on any atom is -0.342 e. The maximum Gasteiger partial charge on any atom is 0.257 e. The molecule has 26 heavy (non-hydrogen) atoms. The molecule has 1 atom stereocenters. The number of H-pyrrole nitrogens is 1. The number of fused-ring (bicyclic) bond motifs is 1. The normalized spacial score (nSPS) is 20.8. The largest absolute Gasteiger partial charge is 0.342 e. The lowest BCUT2D eigenvalue weighted by Crippen LogP contribution is -2.39. The van der Waals surface area contributed by atoms with Crippen LogP contribution in [0.25, 0.3) is 0 Å². The fourth-order valence-electron chi connectivity index (χ4n) is 4.05. The van der Waals surface area contributed by atoms with Crippen LogP contribution in [0.15, 0.2) is 23.0 Å². The number of aryl methyl sites for hydroxylation is 1. The second kappa shape index (κ2) is 7.19. The van der Waals surface area contributed by atoms with Gasteiger partial charge in [-0.2, -0.15) is 0 Å². The Morgan fingerprint density at radius 3 is 2.96 bits per heavy atom. The Morgan fingerprint density at radius 2 is 2.15 bits per heavy atom. The molecule has 1 saturated heterocycles. The van der Waals surface area contributed by atoms with Gasteiger partial charge in [-0.15, -0.1) is 0 Å². The van der Waals surface area contributed by atoms with Gasteiger partial charge in [-0.1, -0.05) is 13.0 Å². The van der Waals surface area contributed by atoms with Crippen molar-refractivity contribution in [1.29, 1.82) is 0 Å². The summed E-state index contributed by atoms with van der Waals surface area (Å²) in [6.45, 7) is 8.56. The van der Waals surface area contributed by atoms with Gasteiger partial charge in [0.2, 0.25) is 5.95 Å². The molecule has 0 bridgehead atoms. The van der Waals surface area contributed by atoms with Crippen molar-refractivity contribution in [3.05, 3.63) is 51.2 Å². The molecule has 0 aromatic carbocycles. The Balaban J connectivity index is 1.52. The molecular weight excluding hydrogens is 326 g/mol. The highest BCUT2D eigenvalue weighted by atomic mass is 16.1. The van der Waals surface area contributed by atoms with Crippen LogP contribution in [-0.2, 0) is 19.5 Å². The van der Waals surface area contributed by atoms with Crippen molar-refractivity contribution in [2.45, 2.75) is 46.2 Å². The predicted molar refractivity (Wildman–Crippen MR) is 102 cm³/mol. The molecule has 0 aliphatic carbocycles. The fourth-order valence-corrected chi connectivity index (χ4v) is 4.05. The summed E-state index contributed by atoms with van der Waals surface area (Å²) in [4.78, 5) is 29.6. The summed E-state index contributed by atoms with van der Waals surface area (Å²) in [7, 11) is 0. The first-order chi connectivity index (χ1) is 12.6. The van der Waals surface area contributed by atoms with Gasteiger partial charge in [0.1, 0.15) is 0 Å². The highest BCUT2D eigenvalue weighted by Crippen LogP contribution is 2.22. The van der Waals surface area contributed by atoms with Gasteiger partial charge in [0.05, 0.1) is 17.0 Å². The lowest BCUT2D eigenvalue weighted by molar-refractivity contribution is 0.239. The number of anilines is 1. The van der Waals surface area contributed by atoms with E-state index in [0.717, 1.165) is 61.2 Å². The van der Waals surface area contributed by atoms with Crippen molar-refractivity contribution in [2.24, 2.45) is 5.92 Å². The number of aromatic amines is 1. The quantitative estimate of drug-likeness (QED) is 0.917. The van der Waals surface area contributed by atoms with Crippen molar-refractivity contribution < 1.29 is 0 Å². The van der Waals surface area contributed by atoms with E-state index in [1.807, 2.05) is 25.1 Å². The van der Waals surface area contributed by atoms with Gasteiger partial charge in [-0.05, 0) is 37.8 Å². The average Bonchev–Trinajstić information content (AvgIpc) is 2.62. The summed E-state index contributed by atoms with van der Waals surface area (Å²) in [5.41, 5.74) is 3.88. The Morgan fingerprint density at radius 1 is 1.27 bits per heavy atom. The van der Waals surface area contributed by atoms with Crippen LogP contribution in [-0.4, -0.2) is 39.5 Å². The number of aromatic nitrogens is 3. The van der Waals surface area contributed by atoms with Crippen molar-refractivity contribution in [1.82, 2.24) is 19.9 Å². The van der Waals surface area contributed by atoms with Crippen molar-refractivity contribution in [3.63, 3.8) is 0 Å². The summed E-state index contributed by atoms with van der Waals surface area (Å²) in [6.07, 6.45) is 3.24. The van der Waals surface area contributed by atoms with Crippen LogP contribution in [0.5, 0.6) is 0 Å². The lowest BCUT2D eigenvalue weighted by Gasteiger charge is -2.33. The zero-order chi connectivity index (χ0) is 18.1. The fraction of sp³-hybridized carbons (Fsp3) is 0.550. The molecule has 6 heteroatoms. The van der Waals surface area contributed by atoms with E-state index in [4.69, 9.17) is 4.98 Å². The summed E-state index contributed by atoms with van der Waals surface area (Å²) >= 11 is 0. The van der Waals surface area contributed by atoms with Crippen LogP contribution >= 0.6 is 0 Å². The molecule has 0 amide bonds. The van der Waals surface area contributed by atoms with E-state index < -0.39 is 0 Å². The summed E-state index contributed by atoms with van der Waals surface area (Å²) in [6, 6.07) is 6.09. The molecule has 0 saturated carbocycles. The molecule has 6 nitrogen and oxygen atoms in total. The third kappa shape index (κ3) is 3.65. The molecule has 2 aromatic rings. The number of pyridine rings is 1. The smallest absolute Gasteiger partial charge is 0.257 e. The Kier molecular flexibility index (Phi) is 4.76. The number of nitrogens with one attached hydrogen (secondary N) is 1. The van der Waals surface area contributed by atoms with Gasteiger partial charge in [-0.25, -0.2) is 4.98 Å². The number of piperidine rings is 1. The zero-order valence-corrected chi connectivity index (χ0v) is 15.7. The van der Waals surface area contributed by atoms with Crippen LogP contribution in [0.4, 0.5) is 5.95 Å². The van der Waals surface area contributed by atoms with Gasteiger partial charge < -0.3 is 4.90 Å². The zero-order valence-electron chi connectivity index (χ0n) is 15.7. The van der Waals surface area contributed by atoms with Crippen LogP contribution in [0.1, 0.15) is 42.4 Å². The van der Waals surface area contributed by atoms with E-state index in [2.05, 4.69) is 26.7 Å². The monoisotopic (exact) mass is 353 g/mol. The first-order valence-corrected chi connectivity index (χ1v) is 9.60. The highest BCUT2D eigenvalue weighted by molar-refractivity contribution is 5.35. The van der Waals surface area contributed by atoms with Crippen molar-refractivity contribution in [2.75, 3.05) is 24.5 Å². The molecule has 4 rings (SSSR count). The molecule has 0 unspecified atom stereocenters. The molecule has 0 radical (unpaired) electrons. The van der Waals surface area contributed by atoms with E-state index in [-0.39, 0.29) is 5.56 Å². The first-order valence-electron chi connectivity index (χ1n) is 9.60. The molecule has 2 aliphatic heterocycles. The molecule has 0 spiro atoms. The number of rotatable bonds is 3. The molecular formula is C20H27N5O. The molecule has 2 aliphatic rings. The minimum absolute atomic E-state index is 0.0186. The third-order valence-electron chi connectivity index (χ3n) is 5.42. The van der Waals surface area contributed by atoms with Gasteiger partial charge in [0.25, 0.3) is 5.56 Å². The SMILES string of the molecule is Cc1cccc(CN2CCc3nc(N4CCC[C@H](C)C4)[nH]c(=O)c3C2)n1. The third-order valence-corrected chi connectivity index (χ3v) is 5.42. The molecule has 1 N–H and O–H groups in total. The van der Waals surface area contributed by atoms with Crippen LogP contribution in [0.3, 0.4) is 0 Å².